The quantitative estimate of drug-likeness (QED) is 0.253. The molecule has 0 fully saturated rings. The standard InChI is InChI=1S/C22H28Br2/c23-15-8-7-13-21(17-19-9-3-1-4-10-19)22(14-16-24)18-20-11-5-2-6-12-20/h1-6,9-12,21-22H,7-8,13-18H2/t21-,22-/m0/s1. The second-order valence-electron chi connectivity index (χ2n) is 6.56. The van der Waals surface area contributed by atoms with Gasteiger partial charge in [-0.25, -0.2) is 0 Å². The van der Waals surface area contributed by atoms with Gasteiger partial charge in [0.15, 0.2) is 0 Å². The summed E-state index contributed by atoms with van der Waals surface area (Å²) in [6.07, 6.45) is 7.56. The summed E-state index contributed by atoms with van der Waals surface area (Å²) < 4.78 is 0. The van der Waals surface area contributed by atoms with E-state index in [9.17, 15) is 0 Å². The van der Waals surface area contributed by atoms with Gasteiger partial charge in [-0.15, -0.1) is 0 Å². The van der Waals surface area contributed by atoms with Crippen LogP contribution in [0.4, 0.5) is 0 Å². The Bertz CT molecular complexity index is 538. The highest BCUT2D eigenvalue weighted by atomic mass is 79.9. The molecule has 0 N–H and O–H groups in total. The average molecular weight is 452 g/mol. The highest BCUT2D eigenvalue weighted by Crippen LogP contribution is 2.30. The minimum absolute atomic E-state index is 0.738. The average Bonchev–Trinajstić information content (AvgIpc) is 2.62. The van der Waals surface area contributed by atoms with E-state index in [2.05, 4.69) is 92.5 Å². The van der Waals surface area contributed by atoms with Crippen LogP contribution in [0.2, 0.25) is 0 Å². The van der Waals surface area contributed by atoms with E-state index in [1.807, 2.05) is 0 Å². The zero-order chi connectivity index (χ0) is 17.0. The Morgan fingerprint density at radius 2 is 1.08 bits per heavy atom. The fraction of sp³-hybridized carbons (Fsp3) is 0.455. The van der Waals surface area contributed by atoms with E-state index in [1.165, 1.54) is 49.7 Å². The van der Waals surface area contributed by atoms with Crippen LogP contribution in [0.25, 0.3) is 0 Å². The molecule has 0 aliphatic carbocycles. The van der Waals surface area contributed by atoms with Gasteiger partial charge in [-0.05, 0) is 55.1 Å². The number of benzene rings is 2. The van der Waals surface area contributed by atoms with Gasteiger partial charge in [0.2, 0.25) is 0 Å². The Morgan fingerprint density at radius 3 is 1.54 bits per heavy atom. The van der Waals surface area contributed by atoms with Crippen molar-refractivity contribution in [3.8, 4) is 0 Å². The predicted molar refractivity (Wildman–Crippen MR) is 113 cm³/mol. The number of rotatable bonds is 11. The lowest BCUT2D eigenvalue weighted by atomic mass is 9.78. The van der Waals surface area contributed by atoms with Gasteiger partial charge in [-0.1, -0.05) is 98.9 Å². The topological polar surface area (TPSA) is 0 Å². The Labute approximate surface area is 164 Å². The van der Waals surface area contributed by atoms with Crippen molar-refractivity contribution in [3.05, 3.63) is 71.8 Å². The summed E-state index contributed by atoms with van der Waals surface area (Å²) in [6.45, 7) is 0. The van der Waals surface area contributed by atoms with Gasteiger partial charge < -0.3 is 0 Å². The van der Waals surface area contributed by atoms with E-state index in [-0.39, 0.29) is 0 Å². The third-order valence-corrected chi connectivity index (χ3v) is 5.81. The second kappa shape index (κ2) is 11.9. The maximum absolute atomic E-state index is 3.69. The molecule has 0 spiro atoms. The van der Waals surface area contributed by atoms with Crippen LogP contribution in [0.5, 0.6) is 0 Å². The number of hydrogen-bond donors (Lipinski definition) is 0. The molecule has 0 saturated heterocycles. The Hall–Kier alpha value is -0.600. The van der Waals surface area contributed by atoms with Crippen LogP contribution in [0.1, 0.15) is 36.8 Å². The molecule has 0 unspecified atom stereocenters. The van der Waals surface area contributed by atoms with E-state index in [0.29, 0.717) is 0 Å². The molecule has 2 atom stereocenters. The number of alkyl halides is 2. The highest BCUT2D eigenvalue weighted by Gasteiger charge is 2.21. The lowest BCUT2D eigenvalue weighted by Crippen LogP contribution is -2.21. The van der Waals surface area contributed by atoms with E-state index >= 15 is 0 Å². The molecule has 2 aromatic rings. The monoisotopic (exact) mass is 450 g/mol. The molecular weight excluding hydrogens is 424 g/mol. The van der Waals surface area contributed by atoms with Gasteiger partial charge in [-0.3, -0.25) is 0 Å². The predicted octanol–water partition coefficient (Wildman–Crippen LogP) is 7.05. The van der Waals surface area contributed by atoms with E-state index in [1.54, 1.807) is 0 Å². The third kappa shape index (κ3) is 7.11. The summed E-state index contributed by atoms with van der Waals surface area (Å²) in [7, 11) is 0. The van der Waals surface area contributed by atoms with E-state index in [0.717, 1.165) is 22.5 Å². The summed E-state index contributed by atoms with van der Waals surface area (Å²) in [4.78, 5) is 0. The fourth-order valence-electron chi connectivity index (χ4n) is 3.48. The minimum atomic E-state index is 0.738. The molecule has 0 amide bonds. The molecule has 0 aromatic heterocycles. The molecule has 2 heteroatoms. The molecule has 0 heterocycles. The molecule has 2 aromatic carbocycles. The largest absolute Gasteiger partial charge is 0.0928 e. The smallest absolute Gasteiger partial charge is 0.00341 e. The summed E-state index contributed by atoms with van der Waals surface area (Å²) in [5, 5.41) is 2.21. The van der Waals surface area contributed by atoms with Crippen molar-refractivity contribution >= 4 is 31.9 Å². The lowest BCUT2D eigenvalue weighted by Gasteiger charge is -2.27. The number of hydrogen-bond acceptors (Lipinski definition) is 0. The minimum Gasteiger partial charge on any atom is -0.0928 e. The van der Waals surface area contributed by atoms with Crippen LogP contribution in [0.3, 0.4) is 0 Å². The summed E-state index contributed by atoms with van der Waals surface area (Å²) in [5.41, 5.74) is 2.95. The maximum Gasteiger partial charge on any atom is 0.00341 e. The first kappa shape index (κ1) is 19.7. The van der Waals surface area contributed by atoms with Crippen molar-refractivity contribution in [2.75, 3.05) is 10.7 Å². The fourth-order valence-corrected chi connectivity index (χ4v) is 4.47. The SMILES string of the molecule is BrCCCC[C@@H](Cc1ccccc1)[C@@H](CCBr)Cc1ccccc1. The van der Waals surface area contributed by atoms with E-state index < -0.39 is 0 Å². The molecule has 2 rings (SSSR count). The Kier molecular flexibility index (Phi) is 9.75. The molecule has 0 aliphatic rings. The molecule has 0 saturated carbocycles. The van der Waals surface area contributed by atoms with Gasteiger partial charge in [0.05, 0.1) is 0 Å². The van der Waals surface area contributed by atoms with E-state index in [4.69, 9.17) is 0 Å². The maximum atomic E-state index is 3.69. The molecule has 0 radical (unpaired) electrons. The van der Waals surface area contributed by atoms with Crippen molar-refractivity contribution in [1.82, 2.24) is 0 Å². The van der Waals surface area contributed by atoms with Gasteiger partial charge in [0, 0.05) is 10.7 Å². The Balaban J connectivity index is 2.09. The van der Waals surface area contributed by atoms with Gasteiger partial charge in [-0.2, -0.15) is 0 Å². The first-order chi connectivity index (χ1) is 11.8. The zero-order valence-electron chi connectivity index (χ0n) is 14.3. The molecule has 24 heavy (non-hydrogen) atoms. The van der Waals surface area contributed by atoms with Crippen molar-refractivity contribution in [3.63, 3.8) is 0 Å². The molecule has 130 valence electrons. The summed E-state index contributed by atoms with van der Waals surface area (Å²) in [6, 6.07) is 22.0. The lowest BCUT2D eigenvalue weighted by molar-refractivity contribution is 0.295. The third-order valence-electron chi connectivity index (χ3n) is 4.79. The molecule has 0 nitrogen and oxygen atoms in total. The summed E-state index contributed by atoms with van der Waals surface area (Å²) >= 11 is 7.27. The van der Waals surface area contributed by atoms with Gasteiger partial charge in [0.1, 0.15) is 0 Å². The van der Waals surface area contributed by atoms with Crippen molar-refractivity contribution in [2.45, 2.75) is 38.5 Å². The van der Waals surface area contributed by atoms with Gasteiger partial charge in [0.25, 0.3) is 0 Å². The van der Waals surface area contributed by atoms with Crippen LogP contribution in [0, 0.1) is 11.8 Å². The Morgan fingerprint density at radius 1 is 0.583 bits per heavy atom. The molecule has 0 aliphatic heterocycles. The van der Waals surface area contributed by atoms with Crippen LogP contribution in [-0.4, -0.2) is 10.7 Å². The normalized spacial score (nSPS) is 13.6. The first-order valence-corrected chi connectivity index (χ1v) is 11.3. The zero-order valence-corrected chi connectivity index (χ0v) is 17.5. The summed E-state index contributed by atoms with van der Waals surface area (Å²) in [5.74, 6) is 1.49. The molecule has 0 bridgehead atoms. The van der Waals surface area contributed by atoms with Crippen LogP contribution in [-0.2, 0) is 12.8 Å². The van der Waals surface area contributed by atoms with Crippen LogP contribution in [0.15, 0.2) is 60.7 Å². The van der Waals surface area contributed by atoms with Crippen LogP contribution < -0.4 is 0 Å². The van der Waals surface area contributed by atoms with Crippen molar-refractivity contribution in [2.24, 2.45) is 11.8 Å². The highest BCUT2D eigenvalue weighted by molar-refractivity contribution is 9.09. The van der Waals surface area contributed by atoms with Crippen LogP contribution >= 0.6 is 31.9 Å². The van der Waals surface area contributed by atoms with Crippen molar-refractivity contribution < 1.29 is 0 Å². The van der Waals surface area contributed by atoms with Crippen molar-refractivity contribution in [1.29, 1.82) is 0 Å². The number of halogens is 2. The second-order valence-corrected chi connectivity index (χ2v) is 8.15. The molecular formula is C22H28Br2. The first-order valence-electron chi connectivity index (χ1n) is 9.03. The van der Waals surface area contributed by atoms with Gasteiger partial charge >= 0.3 is 0 Å². The number of unbranched alkanes of at least 4 members (excludes halogenated alkanes) is 1.